The quantitative estimate of drug-likeness (QED) is 0.0662. The fourth-order valence-electron chi connectivity index (χ4n) is 6.25. The van der Waals surface area contributed by atoms with E-state index in [1.165, 1.54) is 0 Å². The molecule has 0 aromatic heterocycles. The molecule has 5 rings (SSSR count). The van der Waals surface area contributed by atoms with E-state index in [2.05, 4.69) is 23.3 Å². The van der Waals surface area contributed by atoms with Crippen LogP contribution in [0, 0.1) is 37.2 Å². The minimum Gasteiger partial charge on any atom is -0.194 e. The first kappa shape index (κ1) is 45.1. The molecule has 0 saturated carbocycles. The topological polar surface area (TPSA) is 0 Å². The molecule has 0 N–H and O–H groups in total. The third-order valence-corrected chi connectivity index (χ3v) is 10.3. The van der Waals surface area contributed by atoms with Gasteiger partial charge in [-0.1, -0.05) is 85.9 Å². The van der Waals surface area contributed by atoms with Gasteiger partial charge in [0.15, 0.2) is 0 Å². The molecule has 0 nitrogen and oxygen atoms in total. The highest BCUT2D eigenvalue weighted by atomic mass is 28.3. The van der Waals surface area contributed by atoms with Gasteiger partial charge in [0, 0.05) is 22.3 Å². The van der Waals surface area contributed by atoms with E-state index in [0.29, 0.717) is 27.8 Å². The summed E-state index contributed by atoms with van der Waals surface area (Å²) in [5, 5.41) is 4.30. The number of benzene rings is 5. The van der Waals surface area contributed by atoms with Crippen LogP contribution in [0.2, 0.25) is 19.6 Å². The molecule has 0 heterocycles. The van der Waals surface area contributed by atoms with Gasteiger partial charge in [-0.25, -0.2) is 0 Å². The summed E-state index contributed by atoms with van der Waals surface area (Å²) in [5.41, 5.74) is 2.82. The third kappa shape index (κ3) is 6.94. The third-order valence-electron chi connectivity index (χ3n) is 9.38. The van der Waals surface area contributed by atoms with Crippen LogP contribution in [0.1, 0.15) is 33.4 Å². The molecule has 5 aromatic carbocycles. The number of rotatable bonds is 7. The number of hydrogen-bond acceptors (Lipinski definition) is 0. The van der Waals surface area contributed by atoms with Crippen molar-refractivity contribution in [3.05, 3.63) is 106 Å². The van der Waals surface area contributed by atoms with Gasteiger partial charge in [-0.3, -0.25) is 0 Å². The molecule has 59 heavy (non-hydrogen) atoms. The van der Waals surface area contributed by atoms with E-state index >= 15 is 8.78 Å². The van der Waals surface area contributed by atoms with E-state index < -0.39 is 66.8 Å². The molecule has 18 heteroatoms. The van der Waals surface area contributed by atoms with Gasteiger partial charge >= 0.3 is 47.6 Å². The van der Waals surface area contributed by atoms with Gasteiger partial charge in [-0.2, -0.15) is 74.6 Å². The van der Waals surface area contributed by atoms with Crippen molar-refractivity contribution >= 4 is 40.4 Å². The zero-order valence-electron chi connectivity index (χ0n) is 30.9. The Morgan fingerprint density at radius 2 is 0.864 bits per heavy atom. The zero-order valence-corrected chi connectivity index (χ0v) is 31.9. The lowest BCUT2D eigenvalue weighted by Crippen LogP contribution is -2.74. The van der Waals surface area contributed by atoms with Crippen LogP contribution in [-0.2, 0) is 5.92 Å². The smallest absolute Gasteiger partial charge is 0.194 e. The van der Waals surface area contributed by atoms with Crippen LogP contribution in [0.25, 0.3) is 32.3 Å². The summed E-state index contributed by atoms with van der Waals surface area (Å²) in [4.78, 5) is 0. The van der Waals surface area contributed by atoms with Crippen molar-refractivity contribution in [1.29, 1.82) is 0 Å². The van der Waals surface area contributed by atoms with Crippen LogP contribution < -0.4 is 0 Å². The minimum absolute atomic E-state index is 0.0465. The lowest BCUT2D eigenvalue weighted by Gasteiger charge is -2.42. The molecule has 0 aliphatic heterocycles. The summed E-state index contributed by atoms with van der Waals surface area (Å²) < 4.78 is 237. The summed E-state index contributed by atoms with van der Waals surface area (Å²) in [6.07, 6.45) is -7.82. The number of halogens is 17. The van der Waals surface area contributed by atoms with Crippen LogP contribution in [0.5, 0.6) is 0 Å². The zero-order chi connectivity index (χ0) is 44.7. The Balaban J connectivity index is 1.65. The minimum atomic E-state index is -8.71. The SMILES string of the molecule is Cc1cccc2c(C#Cc3cccc(C(F)(F)C(F)(F)C(F)(F)C(F)(F)C(F)(F)C(F)(F)C(F)(F)C(F)(F)F)c3)cc3cc(C#C[Si](C)(C)C)c4cccc(C)c4c3c12. The average molecular weight is 871 g/mol. The van der Waals surface area contributed by atoms with Crippen molar-refractivity contribution in [3.63, 3.8) is 0 Å². The number of aryl methyl sites for hydroxylation is 2. The Morgan fingerprint density at radius 3 is 1.32 bits per heavy atom. The van der Waals surface area contributed by atoms with Crippen LogP contribution in [0.3, 0.4) is 0 Å². The predicted molar refractivity (Wildman–Crippen MR) is 191 cm³/mol. The Morgan fingerprint density at radius 1 is 0.441 bits per heavy atom. The van der Waals surface area contributed by atoms with Crippen molar-refractivity contribution in [2.75, 3.05) is 0 Å². The molecule has 0 spiro atoms. The lowest BCUT2D eigenvalue weighted by molar-refractivity contribution is -0.462. The summed E-state index contributed by atoms with van der Waals surface area (Å²) in [5.74, 6) is -48.9. The van der Waals surface area contributed by atoms with Gasteiger partial charge in [-0.15, -0.1) is 5.54 Å². The molecule has 0 atom stereocenters. The maximum absolute atomic E-state index is 15.2. The van der Waals surface area contributed by atoms with Crippen LogP contribution in [0.4, 0.5) is 74.6 Å². The molecule has 5 aromatic rings. The molecule has 0 saturated heterocycles. The van der Waals surface area contributed by atoms with Crippen molar-refractivity contribution < 1.29 is 74.6 Å². The van der Waals surface area contributed by atoms with E-state index in [9.17, 15) is 65.9 Å². The maximum Gasteiger partial charge on any atom is 0.460 e. The van der Waals surface area contributed by atoms with Crippen LogP contribution in [0.15, 0.2) is 72.8 Å². The second-order valence-corrected chi connectivity index (χ2v) is 19.5. The van der Waals surface area contributed by atoms with Crippen molar-refractivity contribution in [2.24, 2.45) is 0 Å². The van der Waals surface area contributed by atoms with E-state index in [0.717, 1.165) is 33.4 Å². The van der Waals surface area contributed by atoms with E-state index in [1.807, 2.05) is 50.8 Å². The molecular formula is C41H27F17Si. The fourth-order valence-corrected chi connectivity index (χ4v) is 6.76. The Hall–Kier alpha value is -4.97. The molecule has 314 valence electrons. The van der Waals surface area contributed by atoms with Gasteiger partial charge in [0.1, 0.15) is 8.07 Å². The summed E-state index contributed by atoms with van der Waals surface area (Å²) in [6.45, 7) is 9.81. The highest BCUT2D eigenvalue weighted by Crippen LogP contribution is 2.65. The average Bonchev–Trinajstić information content (AvgIpc) is 3.11. The Bertz CT molecular complexity index is 2610. The number of hydrogen-bond donors (Lipinski definition) is 0. The van der Waals surface area contributed by atoms with Crippen molar-refractivity contribution in [3.8, 4) is 23.3 Å². The highest BCUT2D eigenvalue weighted by molar-refractivity contribution is 6.83. The molecule has 0 amide bonds. The normalized spacial score (nSPS) is 14.0. The summed E-state index contributed by atoms with van der Waals surface area (Å²) >= 11 is 0. The van der Waals surface area contributed by atoms with Crippen LogP contribution >= 0.6 is 0 Å². The van der Waals surface area contributed by atoms with Gasteiger partial charge in [0.2, 0.25) is 0 Å². The van der Waals surface area contributed by atoms with E-state index in [-0.39, 0.29) is 17.7 Å². The Labute approximate surface area is 325 Å². The second kappa shape index (κ2) is 14.1. The largest absolute Gasteiger partial charge is 0.460 e. The van der Waals surface area contributed by atoms with Gasteiger partial charge in [-0.05, 0) is 81.6 Å². The van der Waals surface area contributed by atoms with E-state index in [1.54, 1.807) is 31.2 Å². The van der Waals surface area contributed by atoms with Gasteiger partial charge in [0.25, 0.3) is 0 Å². The molecule has 0 unspecified atom stereocenters. The summed E-state index contributed by atoms with van der Waals surface area (Å²) in [7, 11) is -1.89. The standard InChI is InChI=1S/C41H27F17Si/c1-22-9-6-13-29-25(20-27-21-26(17-18-59(3,4)5)30-14-7-10-23(2)32(30)33(27)31(22)29)16-15-24-11-8-12-28(19-24)34(42,43)35(44,45)36(46,47)37(48,49)38(50,51)39(52,53)40(54,55)41(56,57)58/h6-14,19-21H,1-5H3. The number of alkyl halides is 17. The maximum atomic E-state index is 15.2. The van der Waals surface area contributed by atoms with Crippen molar-refractivity contribution in [2.45, 2.75) is 81.1 Å². The molecule has 0 bridgehead atoms. The summed E-state index contributed by atoms with van der Waals surface area (Å²) in [6, 6.07) is 15.4. The molecule has 0 fully saturated rings. The first-order chi connectivity index (χ1) is 26.7. The van der Waals surface area contributed by atoms with Crippen LogP contribution in [-0.4, -0.2) is 49.8 Å². The molecule has 0 aliphatic rings. The van der Waals surface area contributed by atoms with Gasteiger partial charge in [0.05, 0.1) is 0 Å². The highest BCUT2D eigenvalue weighted by Gasteiger charge is 2.95. The molecule has 0 radical (unpaired) electrons. The van der Waals surface area contributed by atoms with Crippen molar-refractivity contribution in [1.82, 2.24) is 0 Å². The van der Waals surface area contributed by atoms with E-state index in [4.69, 9.17) is 0 Å². The monoisotopic (exact) mass is 870 g/mol. The predicted octanol–water partition coefficient (Wildman–Crippen LogP) is 13.9. The first-order valence-electron chi connectivity index (χ1n) is 16.9. The second-order valence-electron chi connectivity index (χ2n) is 14.8. The molecular weight excluding hydrogens is 844 g/mol. The number of fused-ring (bicyclic) bond motifs is 5. The van der Waals surface area contributed by atoms with Gasteiger partial charge < -0.3 is 0 Å². The Kier molecular flexibility index (Phi) is 10.8. The first-order valence-corrected chi connectivity index (χ1v) is 20.4. The lowest BCUT2D eigenvalue weighted by atomic mass is 9.87. The fraction of sp³-hybridized carbons (Fsp3) is 0.317. The molecule has 0 aliphatic carbocycles.